The van der Waals surface area contributed by atoms with Gasteiger partial charge in [0.05, 0.1) is 17.9 Å². The summed E-state index contributed by atoms with van der Waals surface area (Å²) in [5.41, 5.74) is 3.58. The van der Waals surface area contributed by atoms with Gasteiger partial charge in [0.15, 0.2) is 5.65 Å². The summed E-state index contributed by atoms with van der Waals surface area (Å²) in [7, 11) is 0. The van der Waals surface area contributed by atoms with Crippen molar-refractivity contribution in [1.29, 1.82) is 0 Å². The van der Waals surface area contributed by atoms with E-state index in [0.29, 0.717) is 22.8 Å². The molecule has 2 N–H and O–H groups in total. The Balaban J connectivity index is 1.34. The lowest BCUT2D eigenvalue weighted by Gasteiger charge is -2.17. The zero-order chi connectivity index (χ0) is 23.7. The predicted octanol–water partition coefficient (Wildman–Crippen LogP) is 3.49. The fourth-order valence-corrected chi connectivity index (χ4v) is 3.95. The number of hydrogen-bond donors (Lipinski definition) is 2. The first-order chi connectivity index (χ1) is 16.5. The first-order valence-electron chi connectivity index (χ1n) is 10.6. The average molecular weight is 461 g/mol. The number of halogens is 1. The third-order valence-electron chi connectivity index (χ3n) is 5.54. The molecule has 2 amide bonds. The number of aromatic nitrogens is 3. The van der Waals surface area contributed by atoms with Crippen molar-refractivity contribution in [3.8, 4) is 17.1 Å². The van der Waals surface area contributed by atoms with Crippen molar-refractivity contribution in [3.63, 3.8) is 0 Å². The van der Waals surface area contributed by atoms with Crippen LogP contribution in [0.15, 0.2) is 66.9 Å². The van der Waals surface area contributed by atoms with Crippen LogP contribution in [0.2, 0.25) is 0 Å². The summed E-state index contributed by atoms with van der Waals surface area (Å²) in [5.74, 6) is -0.0931. The van der Waals surface area contributed by atoms with Gasteiger partial charge < -0.3 is 20.1 Å². The Morgan fingerprint density at radius 1 is 1.18 bits per heavy atom. The molecule has 5 rings (SSSR count). The summed E-state index contributed by atoms with van der Waals surface area (Å²) in [4.78, 5) is 29.1. The lowest BCUT2D eigenvalue weighted by molar-refractivity contribution is -0.117. The minimum atomic E-state index is -1.14. The molecule has 10 heteroatoms. The molecule has 2 aromatic heterocycles. The minimum absolute atomic E-state index is 0.129. The van der Waals surface area contributed by atoms with Crippen LogP contribution < -0.4 is 15.0 Å². The zero-order valence-electron chi connectivity index (χ0n) is 17.9. The number of ether oxygens (including phenoxy) is 1. The highest BCUT2D eigenvalue weighted by atomic mass is 19.1. The minimum Gasteiger partial charge on any atom is -0.472 e. The summed E-state index contributed by atoms with van der Waals surface area (Å²) in [6.45, 7) is 0.463. The van der Waals surface area contributed by atoms with Crippen molar-refractivity contribution >= 4 is 23.3 Å². The van der Waals surface area contributed by atoms with E-state index in [4.69, 9.17) is 9.84 Å². The molecule has 1 aliphatic rings. The van der Waals surface area contributed by atoms with Gasteiger partial charge in [-0.3, -0.25) is 4.79 Å². The second-order valence-electron chi connectivity index (χ2n) is 7.91. The molecule has 34 heavy (non-hydrogen) atoms. The summed E-state index contributed by atoms with van der Waals surface area (Å²) >= 11 is 0. The van der Waals surface area contributed by atoms with Crippen molar-refractivity contribution in [2.45, 2.75) is 19.1 Å². The Labute approximate surface area is 193 Å². The van der Waals surface area contributed by atoms with Gasteiger partial charge in [-0.05, 0) is 35.9 Å². The maximum absolute atomic E-state index is 13.4. The van der Waals surface area contributed by atoms with Crippen molar-refractivity contribution in [1.82, 2.24) is 19.9 Å². The van der Waals surface area contributed by atoms with Gasteiger partial charge in [0.1, 0.15) is 12.4 Å². The maximum Gasteiger partial charge on any atom is 0.404 e. The first kappa shape index (κ1) is 21.4. The van der Waals surface area contributed by atoms with Crippen LogP contribution in [0.4, 0.5) is 14.9 Å². The van der Waals surface area contributed by atoms with E-state index in [9.17, 15) is 14.0 Å². The van der Waals surface area contributed by atoms with Crippen molar-refractivity contribution in [2.24, 2.45) is 0 Å². The molecule has 172 valence electrons. The number of carboxylic acid groups (broad SMARTS) is 1. The van der Waals surface area contributed by atoms with E-state index in [-0.39, 0.29) is 31.3 Å². The highest BCUT2D eigenvalue weighted by Gasteiger charge is 2.31. The number of imidazole rings is 1. The molecule has 9 nitrogen and oxygen atoms in total. The van der Waals surface area contributed by atoms with Crippen molar-refractivity contribution < 1.29 is 23.8 Å². The van der Waals surface area contributed by atoms with Crippen LogP contribution in [0.5, 0.6) is 5.88 Å². The van der Waals surface area contributed by atoms with Gasteiger partial charge in [0.25, 0.3) is 0 Å². The van der Waals surface area contributed by atoms with Crippen LogP contribution >= 0.6 is 0 Å². The van der Waals surface area contributed by atoms with E-state index >= 15 is 0 Å². The molecule has 1 saturated heterocycles. The molecule has 1 aliphatic heterocycles. The highest BCUT2D eigenvalue weighted by molar-refractivity contribution is 5.96. The lowest BCUT2D eigenvalue weighted by Crippen LogP contribution is -2.36. The molecule has 0 aliphatic carbocycles. The van der Waals surface area contributed by atoms with Crippen LogP contribution in [0.3, 0.4) is 0 Å². The number of carbonyl (C=O) groups is 2. The van der Waals surface area contributed by atoms with E-state index in [2.05, 4.69) is 15.4 Å². The van der Waals surface area contributed by atoms with Crippen LogP contribution in [-0.4, -0.2) is 44.3 Å². The van der Waals surface area contributed by atoms with Crippen molar-refractivity contribution in [2.75, 3.05) is 11.4 Å². The average Bonchev–Trinajstić information content (AvgIpc) is 3.40. The van der Waals surface area contributed by atoms with E-state index < -0.39 is 12.1 Å². The highest BCUT2D eigenvalue weighted by Crippen LogP contribution is 2.27. The number of hydrogen-bond acceptors (Lipinski definition) is 5. The van der Waals surface area contributed by atoms with Crippen molar-refractivity contribution in [3.05, 3.63) is 78.2 Å². The van der Waals surface area contributed by atoms with Gasteiger partial charge in [-0.2, -0.15) is 0 Å². The van der Waals surface area contributed by atoms with Gasteiger partial charge in [-0.25, -0.2) is 18.7 Å². The predicted molar refractivity (Wildman–Crippen MR) is 121 cm³/mol. The molecule has 2 aromatic carbocycles. The van der Waals surface area contributed by atoms with Crippen LogP contribution in [0, 0.1) is 5.82 Å². The number of nitrogens with one attached hydrogen (secondary N) is 1. The summed E-state index contributed by atoms with van der Waals surface area (Å²) in [6.07, 6.45) is 0.680. The van der Waals surface area contributed by atoms with Gasteiger partial charge in [-0.15, -0.1) is 5.10 Å². The third-order valence-corrected chi connectivity index (χ3v) is 5.54. The van der Waals surface area contributed by atoms with E-state index in [1.807, 2.05) is 12.1 Å². The number of carbonyl (C=O) groups excluding carboxylic acids is 1. The normalized spacial score (nSPS) is 15.6. The second-order valence-corrected chi connectivity index (χ2v) is 7.91. The molecule has 0 saturated carbocycles. The van der Waals surface area contributed by atoms with Gasteiger partial charge in [0, 0.05) is 30.3 Å². The fraction of sp³-hybridized carbons (Fsp3) is 0.167. The molecule has 3 heterocycles. The largest absolute Gasteiger partial charge is 0.472 e. The number of rotatable bonds is 6. The van der Waals surface area contributed by atoms with Crippen LogP contribution in [0.25, 0.3) is 16.9 Å². The molecule has 4 aromatic rings. The quantitative estimate of drug-likeness (QED) is 0.455. The number of benzene rings is 2. The topological polar surface area (TPSA) is 109 Å². The molecular weight excluding hydrogens is 441 g/mol. The SMILES string of the molecule is O=C(O)NC1CC(=O)N(c2ccc(-c3cnc4ccc(OCc5cccc(F)c5)nn34)cc2)C1. The third kappa shape index (κ3) is 4.38. The fourth-order valence-electron chi connectivity index (χ4n) is 3.95. The molecule has 0 radical (unpaired) electrons. The molecule has 1 atom stereocenters. The Hall–Kier alpha value is -4.47. The maximum atomic E-state index is 13.4. The van der Waals surface area contributed by atoms with Crippen LogP contribution in [0.1, 0.15) is 12.0 Å². The Morgan fingerprint density at radius 2 is 2.00 bits per heavy atom. The second kappa shape index (κ2) is 8.81. The van der Waals surface area contributed by atoms with Gasteiger partial charge in [-0.1, -0.05) is 24.3 Å². The summed E-state index contributed by atoms with van der Waals surface area (Å²) < 4.78 is 20.8. The first-order valence-corrected chi connectivity index (χ1v) is 10.6. The zero-order valence-corrected chi connectivity index (χ0v) is 17.9. The Kier molecular flexibility index (Phi) is 5.54. The number of anilines is 1. The van der Waals surface area contributed by atoms with E-state index in [0.717, 1.165) is 11.3 Å². The molecular formula is C24H20FN5O4. The number of nitrogens with zero attached hydrogens (tertiary/aromatic N) is 4. The smallest absolute Gasteiger partial charge is 0.404 e. The Bertz CT molecular complexity index is 1370. The number of fused-ring (bicyclic) bond motifs is 1. The van der Waals surface area contributed by atoms with E-state index in [1.165, 1.54) is 12.1 Å². The van der Waals surface area contributed by atoms with Gasteiger partial charge >= 0.3 is 6.09 Å². The van der Waals surface area contributed by atoms with E-state index in [1.54, 1.807) is 52.0 Å². The Morgan fingerprint density at radius 3 is 2.76 bits per heavy atom. The molecule has 0 spiro atoms. The number of amides is 2. The van der Waals surface area contributed by atoms with Crippen LogP contribution in [-0.2, 0) is 11.4 Å². The summed E-state index contributed by atoms with van der Waals surface area (Å²) in [5, 5.41) is 15.8. The molecule has 0 bridgehead atoms. The monoisotopic (exact) mass is 461 g/mol. The standard InChI is InChI=1S/C24H20FN5O4/c25-17-3-1-2-15(10-17)14-34-22-9-8-21-26-12-20(30(21)28-22)16-4-6-19(7-5-16)29-13-18(11-23(29)31)27-24(32)33/h1-10,12,18,27H,11,13-14H2,(H,32,33). The van der Waals surface area contributed by atoms with Gasteiger partial charge in [0.2, 0.25) is 11.8 Å². The molecule has 1 fully saturated rings. The lowest BCUT2D eigenvalue weighted by atomic mass is 10.1. The molecule has 1 unspecified atom stereocenters. The summed E-state index contributed by atoms with van der Waals surface area (Å²) in [6, 6.07) is 16.6.